The van der Waals surface area contributed by atoms with Crippen molar-refractivity contribution in [2.45, 2.75) is 24.8 Å². The Morgan fingerprint density at radius 3 is 2.76 bits per heavy atom. The average molecular weight is 316 g/mol. The van der Waals surface area contributed by atoms with Crippen LogP contribution in [0.2, 0.25) is 0 Å². The Morgan fingerprint density at radius 2 is 2.19 bits per heavy atom. The molecular formula is C14H19FNO4S-. The van der Waals surface area contributed by atoms with Crippen LogP contribution in [0.1, 0.15) is 24.0 Å². The number of hydrogen-bond donors (Lipinski definition) is 1. The van der Waals surface area contributed by atoms with E-state index in [0.717, 1.165) is 18.4 Å². The van der Waals surface area contributed by atoms with E-state index in [0.29, 0.717) is 25.4 Å². The largest absolute Gasteiger partial charge is 0.760 e. The van der Waals surface area contributed by atoms with Gasteiger partial charge in [-0.1, -0.05) is 12.1 Å². The van der Waals surface area contributed by atoms with Crippen molar-refractivity contribution in [2.24, 2.45) is 0 Å². The fourth-order valence-corrected chi connectivity index (χ4v) is 2.99. The number of hydrogen-bond acceptors (Lipinski definition) is 4. The van der Waals surface area contributed by atoms with E-state index in [1.165, 1.54) is 6.07 Å². The van der Waals surface area contributed by atoms with Crippen LogP contribution in [0.15, 0.2) is 18.2 Å². The van der Waals surface area contributed by atoms with E-state index in [1.807, 2.05) is 6.07 Å². The van der Waals surface area contributed by atoms with E-state index in [4.69, 9.17) is 9.47 Å². The quantitative estimate of drug-likeness (QED) is 0.806. The molecule has 1 saturated heterocycles. The zero-order valence-electron chi connectivity index (χ0n) is 11.9. The summed E-state index contributed by atoms with van der Waals surface area (Å²) < 4.78 is 48.0. The van der Waals surface area contributed by atoms with Crippen LogP contribution in [0.25, 0.3) is 0 Å². The molecule has 1 atom stereocenters. The second kappa shape index (κ2) is 7.42. The second-order valence-electron chi connectivity index (χ2n) is 5.19. The number of ether oxygens (including phenoxy) is 2. The van der Waals surface area contributed by atoms with Crippen LogP contribution in [0.3, 0.4) is 0 Å². The van der Waals surface area contributed by atoms with Gasteiger partial charge in [0, 0.05) is 49.1 Å². The highest BCUT2D eigenvalue weighted by Gasteiger charge is 2.35. The molecule has 1 unspecified atom stereocenters. The molecule has 1 N–H and O–H groups in total. The highest BCUT2D eigenvalue weighted by atomic mass is 32.2. The predicted octanol–water partition coefficient (Wildman–Crippen LogP) is 1.40. The first-order chi connectivity index (χ1) is 10.1. The summed E-state index contributed by atoms with van der Waals surface area (Å²) in [6.45, 7) is 1.72. The van der Waals surface area contributed by atoms with Gasteiger partial charge in [0.15, 0.2) is 0 Å². The van der Waals surface area contributed by atoms with Crippen molar-refractivity contribution in [3.05, 3.63) is 35.1 Å². The molecule has 0 amide bonds. The molecule has 7 heteroatoms. The fraction of sp³-hybridized carbons (Fsp3) is 0.571. The van der Waals surface area contributed by atoms with E-state index < -0.39 is 17.1 Å². The van der Waals surface area contributed by atoms with Crippen molar-refractivity contribution in [2.75, 3.05) is 26.9 Å². The summed E-state index contributed by atoms with van der Waals surface area (Å²) in [6.07, 6.45) is 1.56. The molecule has 1 aromatic rings. The van der Waals surface area contributed by atoms with Gasteiger partial charge in [0.2, 0.25) is 0 Å². The van der Waals surface area contributed by atoms with Crippen LogP contribution in [0, 0.1) is 5.82 Å². The maximum absolute atomic E-state index is 14.2. The van der Waals surface area contributed by atoms with E-state index in [2.05, 4.69) is 4.72 Å². The molecule has 1 fully saturated rings. The van der Waals surface area contributed by atoms with Gasteiger partial charge >= 0.3 is 0 Å². The van der Waals surface area contributed by atoms with Crippen molar-refractivity contribution in [3.63, 3.8) is 0 Å². The summed E-state index contributed by atoms with van der Waals surface area (Å²) in [6, 6.07) is 4.95. The third kappa shape index (κ3) is 4.08. The minimum absolute atomic E-state index is 0.0530. The lowest BCUT2D eigenvalue weighted by atomic mass is 9.74. The molecule has 1 aromatic carbocycles. The molecule has 0 radical (unpaired) electrons. The van der Waals surface area contributed by atoms with Crippen molar-refractivity contribution >= 4 is 11.3 Å². The van der Waals surface area contributed by atoms with Gasteiger partial charge in [-0.05, 0) is 24.5 Å². The van der Waals surface area contributed by atoms with Crippen LogP contribution in [-0.4, -0.2) is 35.7 Å². The smallest absolute Gasteiger partial charge is 0.128 e. The van der Waals surface area contributed by atoms with Crippen molar-refractivity contribution < 1.29 is 22.6 Å². The fourth-order valence-electron chi connectivity index (χ4n) is 2.71. The first-order valence-electron chi connectivity index (χ1n) is 6.76. The minimum atomic E-state index is -2.40. The molecular weight excluding hydrogens is 297 g/mol. The lowest BCUT2D eigenvalue weighted by Gasteiger charge is -2.37. The Morgan fingerprint density at radius 1 is 1.48 bits per heavy atom. The lowest BCUT2D eigenvalue weighted by Crippen LogP contribution is -2.38. The van der Waals surface area contributed by atoms with Gasteiger partial charge < -0.3 is 14.0 Å². The number of rotatable bonds is 6. The van der Waals surface area contributed by atoms with Crippen LogP contribution in [0.5, 0.6) is 0 Å². The molecule has 1 aliphatic rings. The molecule has 1 aliphatic heterocycles. The molecule has 0 aliphatic carbocycles. The summed E-state index contributed by atoms with van der Waals surface area (Å²) in [5, 5.41) is 0. The third-order valence-electron chi connectivity index (χ3n) is 3.92. The maximum Gasteiger partial charge on any atom is 0.128 e. The number of nitrogens with one attached hydrogen (secondary N) is 1. The standard InChI is InChI=1S/C14H20FNO4S/c1-19-10-14(4-6-20-7-5-14)12-3-2-11(13(15)8-12)9-16-21(17)18/h2-3,8,16H,4-7,9-10H2,1H3,(H,17,18)/p-1. The van der Waals surface area contributed by atoms with Crippen LogP contribution < -0.4 is 4.72 Å². The van der Waals surface area contributed by atoms with Crippen molar-refractivity contribution in [1.29, 1.82) is 0 Å². The Kier molecular flexibility index (Phi) is 5.83. The van der Waals surface area contributed by atoms with Gasteiger partial charge in [-0.15, -0.1) is 0 Å². The molecule has 0 saturated carbocycles. The van der Waals surface area contributed by atoms with Crippen LogP contribution in [-0.2, 0) is 32.7 Å². The lowest BCUT2D eigenvalue weighted by molar-refractivity contribution is 0.0135. The van der Waals surface area contributed by atoms with Gasteiger partial charge in [-0.2, -0.15) is 0 Å². The van der Waals surface area contributed by atoms with E-state index in [9.17, 15) is 13.2 Å². The molecule has 5 nitrogen and oxygen atoms in total. The highest BCUT2D eigenvalue weighted by Crippen LogP contribution is 2.35. The first kappa shape index (κ1) is 16.5. The van der Waals surface area contributed by atoms with Gasteiger partial charge in [0.05, 0.1) is 6.61 Å². The Bertz CT molecular complexity index is 500. The van der Waals surface area contributed by atoms with Gasteiger partial charge in [0.25, 0.3) is 0 Å². The molecule has 21 heavy (non-hydrogen) atoms. The van der Waals surface area contributed by atoms with Crippen LogP contribution >= 0.6 is 0 Å². The highest BCUT2D eigenvalue weighted by molar-refractivity contribution is 7.77. The molecule has 2 rings (SSSR count). The first-order valence-corrected chi connectivity index (χ1v) is 7.83. The Hall–Kier alpha value is -0.860. The SMILES string of the molecule is COCC1(c2ccc(CNS(=O)[O-])c(F)c2)CCOCC1. The normalized spacial score (nSPS) is 19.4. The Labute approximate surface area is 126 Å². The molecule has 0 bridgehead atoms. The Balaban J connectivity index is 2.22. The van der Waals surface area contributed by atoms with E-state index >= 15 is 0 Å². The molecule has 0 spiro atoms. The van der Waals surface area contributed by atoms with Gasteiger partial charge in [0.1, 0.15) is 5.82 Å². The summed E-state index contributed by atoms with van der Waals surface area (Å²) >= 11 is -2.40. The summed E-state index contributed by atoms with van der Waals surface area (Å²) in [5.41, 5.74) is 0.959. The predicted molar refractivity (Wildman–Crippen MR) is 75.8 cm³/mol. The van der Waals surface area contributed by atoms with E-state index in [-0.39, 0.29) is 12.0 Å². The zero-order chi connectivity index (χ0) is 15.3. The number of benzene rings is 1. The molecule has 118 valence electrons. The molecule has 0 aromatic heterocycles. The van der Waals surface area contributed by atoms with Crippen LogP contribution in [0.4, 0.5) is 4.39 Å². The summed E-state index contributed by atoms with van der Waals surface area (Å²) in [4.78, 5) is 0. The topological polar surface area (TPSA) is 70.6 Å². The number of halogens is 1. The van der Waals surface area contributed by atoms with E-state index in [1.54, 1.807) is 13.2 Å². The number of methoxy groups -OCH3 is 1. The third-order valence-corrected chi connectivity index (χ3v) is 4.30. The monoisotopic (exact) mass is 316 g/mol. The summed E-state index contributed by atoms with van der Waals surface area (Å²) in [5.74, 6) is -0.410. The van der Waals surface area contributed by atoms with Gasteiger partial charge in [-0.25, -0.2) is 9.11 Å². The molecule has 1 heterocycles. The van der Waals surface area contributed by atoms with Crippen molar-refractivity contribution in [3.8, 4) is 0 Å². The maximum atomic E-state index is 14.2. The van der Waals surface area contributed by atoms with Crippen molar-refractivity contribution in [1.82, 2.24) is 4.72 Å². The average Bonchev–Trinajstić information content (AvgIpc) is 2.47. The zero-order valence-corrected chi connectivity index (χ0v) is 12.7. The minimum Gasteiger partial charge on any atom is -0.760 e. The second-order valence-corrected chi connectivity index (χ2v) is 5.95. The summed E-state index contributed by atoms with van der Waals surface area (Å²) in [7, 11) is 1.63. The van der Waals surface area contributed by atoms with Gasteiger partial charge in [-0.3, -0.25) is 4.21 Å².